The number of para-hydroxylation sites is 1. The van der Waals surface area contributed by atoms with Crippen LogP contribution in [0.15, 0.2) is 60.7 Å². The summed E-state index contributed by atoms with van der Waals surface area (Å²) < 4.78 is 0. The number of halogens is 1. The second kappa shape index (κ2) is 12.2. The first-order valence-corrected chi connectivity index (χ1v) is 12.2. The Hall–Kier alpha value is -3.10. The van der Waals surface area contributed by atoms with Crippen molar-refractivity contribution in [3.05, 3.63) is 93.5 Å². The number of rotatable bonds is 11. The van der Waals surface area contributed by atoms with Gasteiger partial charge in [-0.25, -0.2) is 0 Å². The molecule has 0 saturated carbocycles. The van der Waals surface area contributed by atoms with E-state index in [1.165, 1.54) is 6.07 Å². The first-order valence-electron chi connectivity index (χ1n) is 11.8. The van der Waals surface area contributed by atoms with Crippen molar-refractivity contribution in [2.24, 2.45) is 0 Å². The number of aliphatic hydroxyl groups excluding tert-OH is 2. The molecule has 7 nitrogen and oxygen atoms in total. The van der Waals surface area contributed by atoms with Crippen LogP contribution in [0.1, 0.15) is 52.6 Å². The number of hydrogen-bond donors (Lipinski definition) is 6. The summed E-state index contributed by atoms with van der Waals surface area (Å²) in [6.07, 6.45) is 0.262. The molecule has 1 amide bonds. The van der Waals surface area contributed by atoms with Gasteiger partial charge >= 0.3 is 0 Å². The number of aromatic hydroxyl groups is 2. The number of aliphatic hydroxyl groups is 2. The second-order valence-electron chi connectivity index (χ2n) is 9.46. The van der Waals surface area contributed by atoms with Crippen LogP contribution in [0, 0.1) is 0 Å². The molecule has 0 unspecified atom stereocenters. The van der Waals surface area contributed by atoms with Gasteiger partial charge in [-0.2, -0.15) is 0 Å². The molecule has 0 aliphatic heterocycles. The molecular weight excluding hydrogens is 480 g/mol. The van der Waals surface area contributed by atoms with E-state index in [0.29, 0.717) is 41.6 Å². The minimum absolute atomic E-state index is 0.00623. The zero-order chi connectivity index (χ0) is 26.3. The number of phenolic OH excluding ortho intramolecular Hbond substituents is 1. The first-order chi connectivity index (χ1) is 17.1. The van der Waals surface area contributed by atoms with E-state index in [4.69, 9.17) is 11.6 Å². The van der Waals surface area contributed by atoms with Gasteiger partial charge in [0.1, 0.15) is 11.5 Å². The van der Waals surface area contributed by atoms with Crippen molar-refractivity contribution in [2.45, 2.75) is 44.9 Å². The number of carbonyl (C=O) groups excluding carboxylic acids is 1. The fraction of sp³-hybridized carbons (Fsp3) is 0.321. The van der Waals surface area contributed by atoms with Crippen LogP contribution in [0.2, 0.25) is 5.02 Å². The Balaban J connectivity index is 1.55. The third-order valence-electron chi connectivity index (χ3n) is 6.02. The zero-order valence-electron chi connectivity index (χ0n) is 20.5. The Bertz CT molecular complexity index is 1200. The van der Waals surface area contributed by atoms with Crippen LogP contribution < -0.4 is 10.6 Å². The molecule has 0 bridgehead atoms. The largest absolute Gasteiger partial charge is 0.508 e. The van der Waals surface area contributed by atoms with Crippen molar-refractivity contribution in [1.29, 1.82) is 0 Å². The van der Waals surface area contributed by atoms with Crippen molar-refractivity contribution < 1.29 is 25.2 Å². The average molecular weight is 513 g/mol. The molecule has 0 fully saturated rings. The van der Waals surface area contributed by atoms with Gasteiger partial charge in [0.15, 0.2) is 0 Å². The third kappa shape index (κ3) is 7.45. The predicted molar refractivity (Wildman–Crippen MR) is 140 cm³/mol. The number of carbonyl (C=O) groups is 1. The molecule has 192 valence electrons. The zero-order valence-corrected chi connectivity index (χ0v) is 21.2. The SMILES string of the molecule is CC(C)(Cc1cccc(C(=O)NCCc2cccc(Cl)c2O)c1)NC[C@@H](O)c1ccc(O)c(CO)c1. The number of benzene rings is 3. The number of phenols is 2. The van der Waals surface area contributed by atoms with E-state index < -0.39 is 6.10 Å². The van der Waals surface area contributed by atoms with Crippen LogP contribution in [0.5, 0.6) is 11.5 Å². The number of amides is 1. The molecule has 0 radical (unpaired) electrons. The molecule has 8 heteroatoms. The summed E-state index contributed by atoms with van der Waals surface area (Å²) in [5.41, 5.74) is 2.77. The van der Waals surface area contributed by atoms with Crippen LogP contribution in [0.25, 0.3) is 0 Å². The standard InChI is InChI=1S/C28H33ClN2O5/c1-28(2,31-16-25(34)20-9-10-24(33)22(14-20)17-32)15-18-5-3-7-21(13-18)27(36)30-12-11-19-6-4-8-23(29)26(19)35/h3-10,13-14,25,31-35H,11-12,15-17H2,1-2H3,(H,30,36)/t25-/m1/s1. The van der Waals surface area contributed by atoms with E-state index in [9.17, 15) is 25.2 Å². The van der Waals surface area contributed by atoms with Gasteiger partial charge in [0, 0.05) is 29.8 Å². The van der Waals surface area contributed by atoms with Gasteiger partial charge < -0.3 is 31.1 Å². The maximum atomic E-state index is 12.7. The van der Waals surface area contributed by atoms with E-state index in [1.54, 1.807) is 36.4 Å². The Morgan fingerprint density at radius 3 is 2.53 bits per heavy atom. The Labute approximate surface area is 216 Å². The van der Waals surface area contributed by atoms with Gasteiger partial charge in [0.25, 0.3) is 5.91 Å². The summed E-state index contributed by atoms with van der Waals surface area (Å²) in [4.78, 5) is 12.7. The smallest absolute Gasteiger partial charge is 0.251 e. The lowest BCUT2D eigenvalue weighted by Gasteiger charge is -2.28. The molecule has 3 aromatic rings. The van der Waals surface area contributed by atoms with Crippen LogP contribution in [0.3, 0.4) is 0 Å². The van der Waals surface area contributed by atoms with E-state index in [0.717, 1.165) is 5.56 Å². The summed E-state index contributed by atoms with van der Waals surface area (Å²) in [5.74, 6) is -0.172. The fourth-order valence-corrected chi connectivity index (χ4v) is 4.19. The highest BCUT2D eigenvalue weighted by atomic mass is 35.5. The molecular formula is C28H33ClN2O5. The highest BCUT2D eigenvalue weighted by Gasteiger charge is 2.21. The molecule has 0 spiro atoms. The first kappa shape index (κ1) is 27.5. The topological polar surface area (TPSA) is 122 Å². The lowest BCUT2D eigenvalue weighted by atomic mass is 9.93. The van der Waals surface area contributed by atoms with Crippen LogP contribution >= 0.6 is 11.6 Å². The lowest BCUT2D eigenvalue weighted by molar-refractivity contribution is 0.0954. The quantitative estimate of drug-likeness (QED) is 0.232. The van der Waals surface area contributed by atoms with Crippen LogP contribution in [0.4, 0.5) is 0 Å². The van der Waals surface area contributed by atoms with Crippen molar-refractivity contribution in [2.75, 3.05) is 13.1 Å². The van der Waals surface area contributed by atoms with Crippen molar-refractivity contribution in [3.8, 4) is 11.5 Å². The maximum Gasteiger partial charge on any atom is 0.251 e. The van der Waals surface area contributed by atoms with Crippen molar-refractivity contribution in [3.63, 3.8) is 0 Å². The minimum atomic E-state index is -0.814. The van der Waals surface area contributed by atoms with E-state index in [2.05, 4.69) is 10.6 Å². The molecule has 1 atom stereocenters. The highest BCUT2D eigenvalue weighted by molar-refractivity contribution is 6.32. The molecule has 0 aliphatic rings. The van der Waals surface area contributed by atoms with Gasteiger partial charge in [-0.05, 0) is 73.7 Å². The lowest BCUT2D eigenvalue weighted by Crippen LogP contribution is -2.43. The van der Waals surface area contributed by atoms with E-state index >= 15 is 0 Å². The summed E-state index contributed by atoms with van der Waals surface area (Å²) in [5, 5.41) is 46.2. The maximum absolute atomic E-state index is 12.7. The molecule has 6 N–H and O–H groups in total. The van der Waals surface area contributed by atoms with E-state index in [1.807, 2.05) is 32.0 Å². The third-order valence-corrected chi connectivity index (χ3v) is 6.32. The minimum Gasteiger partial charge on any atom is -0.508 e. The Kier molecular flexibility index (Phi) is 9.34. The fourth-order valence-electron chi connectivity index (χ4n) is 4.00. The van der Waals surface area contributed by atoms with Gasteiger partial charge in [0.2, 0.25) is 0 Å². The molecule has 36 heavy (non-hydrogen) atoms. The summed E-state index contributed by atoms with van der Waals surface area (Å²) in [6, 6.07) is 17.2. The molecule has 0 saturated heterocycles. The van der Waals surface area contributed by atoms with Gasteiger partial charge in [0.05, 0.1) is 17.7 Å². The van der Waals surface area contributed by atoms with Gasteiger partial charge in [-0.3, -0.25) is 4.79 Å². The monoisotopic (exact) mass is 512 g/mol. The Morgan fingerprint density at radius 1 is 1.03 bits per heavy atom. The van der Waals surface area contributed by atoms with Crippen LogP contribution in [-0.4, -0.2) is 45.0 Å². The average Bonchev–Trinajstić information content (AvgIpc) is 2.85. The molecule has 0 aliphatic carbocycles. The summed E-state index contributed by atoms with van der Waals surface area (Å²) in [7, 11) is 0. The summed E-state index contributed by atoms with van der Waals surface area (Å²) in [6.45, 7) is 4.36. The molecule has 3 rings (SSSR count). The van der Waals surface area contributed by atoms with Gasteiger partial charge in [-0.15, -0.1) is 0 Å². The molecule has 0 heterocycles. The molecule has 3 aromatic carbocycles. The molecule has 0 aromatic heterocycles. The van der Waals surface area contributed by atoms with Gasteiger partial charge in [-0.1, -0.05) is 41.9 Å². The summed E-state index contributed by atoms with van der Waals surface area (Å²) >= 11 is 5.94. The van der Waals surface area contributed by atoms with Crippen LogP contribution in [-0.2, 0) is 19.4 Å². The number of hydrogen-bond acceptors (Lipinski definition) is 6. The normalized spacial score (nSPS) is 12.4. The van der Waals surface area contributed by atoms with Crippen molar-refractivity contribution in [1.82, 2.24) is 10.6 Å². The number of β-amino-alcohol motifs (C(OH)–C–C–N with tert-alkyl or cyclic N) is 1. The van der Waals surface area contributed by atoms with E-state index in [-0.39, 0.29) is 41.1 Å². The predicted octanol–water partition coefficient (Wildman–Crippen LogP) is 3.86. The number of nitrogens with one attached hydrogen (secondary N) is 2. The van der Waals surface area contributed by atoms with Crippen molar-refractivity contribution >= 4 is 17.5 Å². The second-order valence-corrected chi connectivity index (χ2v) is 9.86. The highest BCUT2D eigenvalue weighted by Crippen LogP contribution is 2.27. The Morgan fingerprint density at radius 2 is 1.78 bits per heavy atom.